The first-order chi connectivity index (χ1) is 7.93. The fourth-order valence-corrected chi connectivity index (χ4v) is 3.06. The van der Waals surface area contributed by atoms with E-state index in [1.807, 2.05) is 12.1 Å². The molecule has 0 amide bonds. The molecular formula is C9H12N4O2S2. The molecule has 0 saturated heterocycles. The Morgan fingerprint density at radius 2 is 2.12 bits per heavy atom. The fraction of sp³-hybridized carbons (Fsp3) is 0.333. The van der Waals surface area contributed by atoms with Gasteiger partial charge < -0.3 is 0 Å². The van der Waals surface area contributed by atoms with Crippen LogP contribution in [0.2, 0.25) is 0 Å². The molecular weight excluding hydrogens is 260 g/mol. The molecule has 0 spiro atoms. The topological polar surface area (TPSA) is 90.9 Å². The molecule has 2 aromatic rings. The van der Waals surface area contributed by atoms with Crippen LogP contribution in [-0.4, -0.2) is 23.2 Å². The quantitative estimate of drug-likeness (QED) is 0.892. The van der Waals surface area contributed by atoms with E-state index >= 15 is 0 Å². The van der Waals surface area contributed by atoms with E-state index in [9.17, 15) is 8.42 Å². The summed E-state index contributed by atoms with van der Waals surface area (Å²) in [4.78, 5) is 2.09. The van der Waals surface area contributed by atoms with Crippen LogP contribution in [0.5, 0.6) is 0 Å². The molecule has 0 bridgehead atoms. The number of aromatic nitrogens is 3. The average Bonchev–Trinajstić information content (AvgIpc) is 2.82. The molecule has 92 valence electrons. The highest BCUT2D eigenvalue weighted by atomic mass is 32.2. The lowest BCUT2D eigenvalue weighted by atomic mass is 10.3. The van der Waals surface area contributed by atoms with Crippen LogP contribution in [0, 0.1) is 0 Å². The van der Waals surface area contributed by atoms with Crippen molar-refractivity contribution in [3.05, 3.63) is 17.0 Å². The van der Waals surface area contributed by atoms with Crippen LogP contribution in [0.3, 0.4) is 0 Å². The van der Waals surface area contributed by atoms with Crippen molar-refractivity contribution < 1.29 is 8.42 Å². The summed E-state index contributed by atoms with van der Waals surface area (Å²) in [5.41, 5.74) is 0. The zero-order valence-electron chi connectivity index (χ0n) is 9.41. The van der Waals surface area contributed by atoms with E-state index in [4.69, 9.17) is 5.14 Å². The maximum atomic E-state index is 11.2. The van der Waals surface area contributed by atoms with Crippen LogP contribution in [-0.2, 0) is 23.5 Å². The molecule has 0 fully saturated rings. The molecule has 0 aliphatic heterocycles. The van der Waals surface area contributed by atoms with Gasteiger partial charge in [0.05, 0.1) is 4.88 Å². The minimum Gasteiger partial charge on any atom is -0.299 e. The minimum atomic E-state index is -3.83. The van der Waals surface area contributed by atoms with E-state index < -0.39 is 10.0 Å². The lowest BCUT2D eigenvalue weighted by molar-refractivity contribution is 0.580. The van der Waals surface area contributed by atoms with Gasteiger partial charge in [-0.05, 0) is 18.6 Å². The van der Waals surface area contributed by atoms with E-state index in [0.717, 1.165) is 11.3 Å². The molecule has 0 radical (unpaired) electrons. The number of nitrogens with two attached hydrogens (primary N) is 1. The highest BCUT2D eigenvalue weighted by molar-refractivity contribution is 7.89. The number of primary sulfonamides is 1. The zero-order chi connectivity index (χ0) is 12.6. The van der Waals surface area contributed by atoms with Crippen molar-refractivity contribution in [3.63, 3.8) is 0 Å². The number of rotatable bonds is 3. The average molecular weight is 272 g/mol. The third-order valence-corrected chi connectivity index (χ3v) is 4.41. The largest absolute Gasteiger partial charge is 0.299 e. The van der Waals surface area contributed by atoms with Crippen molar-refractivity contribution in [2.24, 2.45) is 12.2 Å². The molecule has 0 aliphatic carbocycles. The molecule has 2 heterocycles. The Labute approximate surface area is 103 Å². The van der Waals surface area contributed by atoms with Crippen molar-refractivity contribution in [3.8, 4) is 10.7 Å². The summed E-state index contributed by atoms with van der Waals surface area (Å²) in [5.74, 6) is 0.513. The molecule has 6 nitrogen and oxygen atoms in total. The first-order valence-electron chi connectivity index (χ1n) is 4.94. The summed E-state index contributed by atoms with van der Waals surface area (Å²) in [6.45, 7) is 2.06. The highest BCUT2D eigenvalue weighted by Gasteiger charge is 2.20. The van der Waals surface area contributed by atoms with Crippen molar-refractivity contribution in [1.82, 2.24) is 14.8 Å². The summed E-state index contributed by atoms with van der Waals surface area (Å²) < 4.78 is 23.8. The monoisotopic (exact) mass is 272 g/mol. The van der Waals surface area contributed by atoms with Gasteiger partial charge in [0.1, 0.15) is 0 Å². The molecule has 2 N–H and O–H groups in total. The molecule has 17 heavy (non-hydrogen) atoms. The van der Waals surface area contributed by atoms with Crippen LogP contribution in [0.4, 0.5) is 0 Å². The Kier molecular flexibility index (Phi) is 3.02. The third kappa shape index (κ3) is 2.24. The Hall–Kier alpha value is -1.25. The molecule has 8 heteroatoms. The number of nitrogens with zero attached hydrogens (tertiary/aromatic N) is 3. The second kappa shape index (κ2) is 4.21. The van der Waals surface area contributed by atoms with E-state index in [1.54, 1.807) is 18.4 Å². The van der Waals surface area contributed by atoms with Gasteiger partial charge in [-0.2, -0.15) is 0 Å². The molecule has 0 aliphatic rings. The third-order valence-electron chi connectivity index (χ3n) is 2.32. The van der Waals surface area contributed by atoms with Crippen molar-refractivity contribution in [1.29, 1.82) is 0 Å². The van der Waals surface area contributed by atoms with Gasteiger partial charge in [0.2, 0.25) is 0 Å². The molecule has 0 atom stereocenters. The second-order valence-corrected chi connectivity index (χ2v) is 6.15. The van der Waals surface area contributed by atoms with Crippen molar-refractivity contribution in [2.75, 3.05) is 0 Å². The first-order valence-corrected chi connectivity index (χ1v) is 7.31. The predicted octanol–water partition coefficient (Wildman–Crippen LogP) is 0.753. The van der Waals surface area contributed by atoms with Gasteiger partial charge in [-0.3, -0.25) is 4.57 Å². The van der Waals surface area contributed by atoms with Gasteiger partial charge in [0, 0.05) is 11.9 Å². The lowest BCUT2D eigenvalue weighted by Gasteiger charge is -1.99. The van der Waals surface area contributed by atoms with Crippen LogP contribution in [0.1, 0.15) is 11.8 Å². The van der Waals surface area contributed by atoms with Crippen molar-refractivity contribution >= 4 is 21.4 Å². The van der Waals surface area contributed by atoms with Gasteiger partial charge in [0.25, 0.3) is 15.2 Å². The highest BCUT2D eigenvalue weighted by Crippen LogP contribution is 2.27. The molecule has 0 saturated carbocycles. The number of hydrogen-bond acceptors (Lipinski definition) is 5. The number of hydrogen-bond donors (Lipinski definition) is 1. The van der Waals surface area contributed by atoms with Gasteiger partial charge in [-0.1, -0.05) is 6.92 Å². The fourth-order valence-electron chi connectivity index (χ4n) is 1.47. The predicted molar refractivity (Wildman–Crippen MR) is 65.1 cm³/mol. The van der Waals surface area contributed by atoms with Crippen LogP contribution in [0.25, 0.3) is 10.7 Å². The number of sulfonamides is 1. The second-order valence-electron chi connectivity index (χ2n) is 3.53. The Bertz CT molecular complexity index is 642. The van der Waals surface area contributed by atoms with Gasteiger partial charge >= 0.3 is 0 Å². The van der Waals surface area contributed by atoms with Crippen LogP contribution < -0.4 is 5.14 Å². The molecule has 0 aromatic carbocycles. The summed E-state index contributed by atoms with van der Waals surface area (Å²) in [6.07, 6.45) is 0.935. The Morgan fingerprint density at radius 1 is 1.41 bits per heavy atom. The normalized spacial score (nSPS) is 11.9. The molecule has 2 aromatic heterocycles. The number of thiophene rings is 1. The maximum Gasteiger partial charge on any atom is 0.273 e. The van der Waals surface area contributed by atoms with E-state index in [1.165, 1.54) is 9.44 Å². The first kappa shape index (κ1) is 12.2. The minimum absolute atomic E-state index is 0.223. The summed E-state index contributed by atoms with van der Waals surface area (Å²) in [6, 6.07) is 3.89. The number of aryl methyl sites for hydroxylation is 1. The SMILES string of the molecule is CCc1ccc(-c2nnc(S(N)(=O)=O)n2C)s1. The lowest BCUT2D eigenvalue weighted by Crippen LogP contribution is -2.17. The van der Waals surface area contributed by atoms with Gasteiger partial charge in [-0.15, -0.1) is 21.5 Å². The van der Waals surface area contributed by atoms with Crippen LogP contribution in [0.15, 0.2) is 17.3 Å². The molecule has 2 rings (SSSR count). The summed E-state index contributed by atoms with van der Waals surface area (Å²) >= 11 is 1.57. The van der Waals surface area contributed by atoms with Gasteiger partial charge in [0.15, 0.2) is 5.82 Å². The van der Waals surface area contributed by atoms with Crippen molar-refractivity contribution in [2.45, 2.75) is 18.5 Å². The van der Waals surface area contributed by atoms with E-state index in [-0.39, 0.29) is 5.16 Å². The summed E-state index contributed by atoms with van der Waals surface area (Å²) in [7, 11) is -2.24. The molecule has 0 unspecified atom stereocenters. The van der Waals surface area contributed by atoms with Crippen LogP contribution >= 0.6 is 11.3 Å². The smallest absolute Gasteiger partial charge is 0.273 e. The zero-order valence-corrected chi connectivity index (χ0v) is 11.0. The van der Waals surface area contributed by atoms with Gasteiger partial charge in [-0.25, -0.2) is 13.6 Å². The maximum absolute atomic E-state index is 11.2. The van der Waals surface area contributed by atoms with E-state index in [0.29, 0.717) is 5.82 Å². The standard InChI is InChI=1S/C9H12N4O2S2/c1-3-6-4-5-7(16-6)8-11-12-9(13(8)2)17(10,14)15/h4-5H,3H2,1-2H3,(H2,10,14,15). The Morgan fingerprint density at radius 3 is 2.59 bits per heavy atom. The van der Waals surface area contributed by atoms with E-state index in [2.05, 4.69) is 17.1 Å². The summed E-state index contributed by atoms with van der Waals surface area (Å²) in [5, 5.41) is 12.3. The Balaban J connectivity index is 2.51.